The van der Waals surface area contributed by atoms with Gasteiger partial charge in [-0.15, -0.1) is 0 Å². The highest BCUT2D eigenvalue weighted by molar-refractivity contribution is 6.24. The zero-order valence-corrected chi connectivity index (χ0v) is 25.9. The van der Waals surface area contributed by atoms with Gasteiger partial charge >= 0.3 is 0 Å². The molecule has 228 valence electrons. The minimum Gasteiger partial charge on any atom is -0.455 e. The SMILES string of the molecule is [2H]c1c([2H])c([2H])c(-c2c([2H])c([2H])c3c(oc4c(-c5c6ccccc6c(-c6cccc(-c7ccc8ccccc8c7)c6)c6ccccc56)c([2H])c([2H])c([2H])c43)c2[2H])c([2H])c1[2H]. The van der Waals surface area contributed by atoms with Crippen LogP contribution in [0.4, 0.5) is 0 Å². The average Bonchev–Trinajstić information content (AvgIpc) is 3.68. The van der Waals surface area contributed by atoms with Crippen LogP contribution < -0.4 is 0 Å². The van der Waals surface area contributed by atoms with Gasteiger partial charge in [0.15, 0.2) is 0 Å². The molecular formula is C48H30O. The summed E-state index contributed by atoms with van der Waals surface area (Å²) in [6.45, 7) is 0. The van der Waals surface area contributed by atoms with Gasteiger partial charge in [0.2, 0.25) is 0 Å². The van der Waals surface area contributed by atoms with Gasteiger partial charge in [0.25, 0.3) is 0 Å². The Kier molecular flexibility index (Phi) is 4.25. The van der Waals surface area contributed by atoms with Gasteiger partial charge in [-0.2, -0.15) is 0 Å². The second-order valence-corrected chi connectivity index (χ2v) is 12.0. The van der Waals surface area contributed by atoms with Crippen molar-refractivity contribution in [3.63, 3.8) is 0 Å². The fraction of sp³-hybridized carbons (Fsp3) is 0. The van der Waals surface area contributed by atoms with Crippen molar-refractivity contribution in [2.24, 2.45) is 0 Å². The molecule has 9 aromatic carbocycles. The largest absolute Gasteiger partial charge is 0.455 e. The molecular weight excluding hydrogens is 593 g/mol. The molecule has 0 aliphatic heterocycles. The first-order chi connectivity index (χ1) is 28.9. The molecule has 0 saturated heterocycles. The predicted molar refractivity (Wildman–Crippen MR) is 208 cm³/mol. The van der Waals surface area contributed by atoms with Crippen molar-refractivity contribution in [1.29, 1.82) is 0 Å². The monoisotopic (exact) mass is 633 g/mol. The third kappa shape index (κ3) is 4.47. The summed E-state index contributed by atoms with van der Waals surface area (Å²) >= 11 is 0. The lowest BCUT2D eigenvalue weighted by molar-refractivity contribution is 0.670. The highest BCUT2D eigenvalue weighted by atomic mass is 16.3. The van der Waals surface area contributed by atoms with E-state index in [2.05, 4.69) is 48.5 Å². The second kappa shape index (κ2) is 11.1. The van der Waals surface area contributed by atoms with Crippen LogP contribution in [0, 0.1) is 0 Å². The van der Waals surface area contributed by atoms with Crippen molar-refractivity contribution >= 4 is 54.3 Å². The quantitative estimate of drug-likeness (QED) is 0.176. The summed E-state index contributed by atoms with van der Waals surface area (Å²) in [4.78, 5) is 0. The average molecular weight is 634 g/mol. The second-order valence-electron chi connectivity index (χ2n) is 12.0. The van der Waals surface area contributed by atoms with Gasteiger partial charge in [-0.1, -0.05) is 158 Å². The Balaban J connectivity index is 1.28. The van der Waals surface area contributed by atoms with E-state index in [0.29, 0.717) is 5.56 Å². The number of hydrogen-bond acceptors (Lipinski definition) is 1. The Bertz CT molecular complexity index is 3430. The van der Waals surface area contributed by atoms with E-state index in [1.807, 2.05) is 66.7 Å². The highest BCUT2D eigenvalue weighted by Gasteiger charge is 2.20. The summed E-state index contributed by atoms with van der Waals surface area (Å²) in [5, 5.41) is 5.32. The van der Waals surface area contributed by atoms with Gasteiger partial charge in [0.05, 0.1) is 15.1 Å². The zero-order valence-electron chi connectivity index (χ0n) is 36.9. The van der Waals surface area contributed by atoms with Gasteiger partial charge in [-0.25, -0.2) is 0 Å². The van der Waals surface area contributed by atoms with Crippen LogP contribution in [0.5, 0.6) is 0 Å². The van der Waals surface area contributed by atoms with E-state index in [-0.39, 0.29) is 39.1 Å². The lowest BCUT2D eigenvalue weighted by Crippen LogP contribution is -1.91. The normalized spacial score (nSPS) is 14.8. The highest BCUT2D eigenvalue weighted by Crippen LogP contribution is 2.47. The summed E-state index contributed by atoms with van der Waals surface area (Å²) in [6.07, 6.45) is 0. The molecule has 0 spiro atoms. The van der Waals surface area contributed by atoms with Crippen molar-refractivity contribution in [2.75, 3.05) is 0 Å². The van der Waals surface area contributed by atoms with Crippen LogP contribution >= 0.6 is 0 Å². The van der Waals surface area contributed by atoms with Gasteiger partial charge in [-0.05, 0) is 89.9 Å². The Hall–Kier alpha value is -6.44. The fourth-order valence-corrected chi connectivity index (χ4v) is 7.02. The maximum atomic E-state index is 9.42. The van der Waals surface area contributed by atoms with Crippen molar-refractivity contribution in [3.05, 3.63) is 182 Å². The molecule has 1 heterocycles. The smallest absolute Gasteiger partial charge is 0.143 e. The molecule has 0 unspecified atom stereocenters. The van der Waals surface area contributed by atoms with E-state index >= 15 is 0 Å². The molecule has 0 bridgehead atoms. The molecule has 0 atom stereocenters. The van der Waals surface area contributed by atoms with Crippen LogP contribution in [-0.4, -0.2) is 0 Å². The van der Waals surface area contributed by atoms with Crippen molar-refractivity contribution in [2.45, 2.75) is 0 Å². The number of furan rings is 1. The lowest BCUT2D eigenvalue weighted by atomic mass is 9.85. The predicted octanol–water partition coefficient (Wildman–Crippen LogP) is 13.7. The topological polar surface area (TPSA) is 13.1 Å². The van der Waals surface area contributed by atoms with E-state index in [1.54, 1.807) is 0 Å². The van der Waals surface area contributed by atoms with Crippen LogP contribution in [0.2, 0.25) is 0 Å². The Morgan fingerprint density at radius 1 is 0.388 bits per heavy atom. The molecule has 0 N–H and O–H groups in total. The van der Waals surface area contributed by atoms with E-state index in [4.69, 9.17) is 15.4 Å². The Morgan fingerprint density at radius 3 is 1.84 bits per heavy atom. The molecule has 0 aliphatic carbocycles. The summed E-state index contributed by atoms with van der Waals surface area (Å²) in [5.41, 5.74) is 3.63. The number of benzene rings is 9. The molecule has 0 amide bonds. The summed E-state index contributed by atoms with van der Waals surface area (Å²) in [7, 11) is 0. The fourth-order valence-electron chi connectivity index (χ4n) is 7.02. The standard InChI is InChI=1S/C48H30O/c1-2-12-31(13-3-1)36-26-27-38-43-22-11-23-44(48(43)49-45(38)30-36)47-41-20-8-6-18-39(41)46(40-19-7-9-21-42(40)47)37-17-10-16-34(29-37)35-25-24-32-14-4-5-15-33(32)28-35/h1-30H/i1D,2D,3D,11D,12D,13D,22D,23D,26D,27D,30D. The minimum atomic E-state index is -0.655. The minimum absolute atomic E-state index is 0.0269. The van der Waals surface area contributed by atoms with Crippen LogP contribution in [0.3, 0.4) is 0 Å². The molecule has 0 fully saturated rings. The van der Waals surface area contributed by atoms with Gasteiger partial charge in [0.1, 0.15) is 11.2 Å². The molecule has 10 aromatic rings. The van der Waals surface area contributed by atoms with Gasteiger partial charge in [0, 0.05) is 21.9 Å². The van der Waals surface area contributed by atoms with E-state index in [9.17, 15) is 4.11 Å². The third-order valence-electron chi connectivity index (χ3n) is 9.23. The van der Waals surface area contributed by atoms with Gasteiger partial charge < -0.3 is 4.42 Å². The molecule has 1 heteroatoms. The summed E-state index contributed by atoms with van der Waals surface area (Å²) in [5.74, 6) is 0. The van der Waals surface area contributed by atoms with Crippen molar-refractivity contribution in [1.82, 2.24) is 0 Å². The molecule has 0 saturated carbocycles. The molecule has 0 radical (unpaired) electrons. The van der Waals surface area contributed by atoms with E-state index < -0.39 is 66.0 Å². The van der Waals surface area contributed by atoms with Crippen molar-refractivity contribution in [3.8, 4) is 44.5 Å². The van der Waals surface area contributed by atoms with Crippen LogP contribution in [-0.2, 0) is 0 Å². The molecule has 1 nitrogen and oxygen atoms in total. The summed E-state index contributed by atoms with van der Waals surface area (Å²) < 4.78 is 103. The van der Waals surface area contributed by atoms with Crippen LogP contribution in [0.25, 0.3) is 98.8 Å². The maximum absolute atomic E-state index is 9.42. The van der Waals surface area contributed by atoms with E-state index in [0.717, 1.165) is 54.6 Å². The first kappa shape index (κ1) is 18.8. The first-order valence-electron chi connectivity index (χ1n) is 21.4. The lowest BCUT2D eigenvalue weighted by Gasteiger charge is -2.18. The zero-order chi connectivity index (χ0) is 41.9. The Morgan fingerprint density at radius 2 is 1.06 bits per heavy atom. The van der Waals surface area contributed by atoms with Crippen LogP contribution in [0.1, 0.15) is 15.1 Å². The number of hydrogen-bond donors (Lipinski definition) is 0. The number of para-hydroxylation sites is 1. The number of rotatable bonds is 4. The van der Waals surface area contributed by atoms with Crippen LogP contribution in [0.15, 0.2) is 186 Å². The van der Waals surface area contributed by atoms with E-state index in [1.165, 1.54) is 0 Å². The summed E-state index contributed by atoms with van der Waals surface area (Å²) in [6, 6.07) is 32.5. The third-order valence-corrected chi connectivity index (χ3v) is 9.23. The number of fused-ring (bicyclic) bond motifs is 6. The Labute approximate surface area is 299 Å². The van der Waals surface area contributed by atoms with Crippen molar-refractivity contribution < 1.29 is 19.5 Å². The molecule has 49 heavy (non-hydrogen) atoms. The maximum Gasteiger partial charge on any atom is 0.143 e. The van der Waals surface area contributed by atoms with Gasteiger partial charge in [-0.3, -0.25) is 0 Å². The molecule has 0 aliphatic rings. The molecule has 1 aromatic heterocycles. The molecule has 10 rings (SSSR count). The first-order valence-corrected chi connectivity index (χ1v) is 15.9.